The minimum atomic E-state index is 0.659. The van der Waals surface area contributed by atoms with Crippen LogP contribution in [0.15, 0.2) is 18.2 Å². The van der Waals surface area contributed by atoms with Gasteiger partial charge in [0.15, 0.2) is 0 Å². The first-order valence-electron chi connectivity index (χ1n) is 8.46. The largest absolute Gasteiger partial charge is 0.496 e. The van der Waals surface area contributed by atoms with Crippen molar-refractivity contribution in [2.75, 3.05) is 26.7 Å². The number of nitrogens with zero attached hydrogens (tertiary/aromatic N) is 1. The quantitative estimate of drug-likeness (QED) is 0.901. The highest BCUT2D eigenvalue weighted by molar-refractivity contribution is 5.37. The van der Waals surface area contributed by atoms with Crippen LogP contribution >= 0.6 is 0 Å². The molecule has 3 nitrogen and oxygen atoms in total. The van der Waals surface area contributed by atoms with Gasteiger partial charge in [0, 0.05) is 18.2 Å². The zero-order valence-electron chi connectivity index (χ0n) is 13.2. The van der Waals surface area contributed by atoms with Crippen LogP contribution in [0.25, 0.3) is 0 Å². The third kappa shape index (κ3) is 3.98. The molecule has 1 aromatic rings. The third-order valence-corrected chi connectivity index (χ3v) is 4.83. The summed E-state index contributed by atoms with van der Waals surface area (Å²) in [5.74, 6) is 1.04. The number of piperidine rings is 1. The van der Waals surface area contributed by atoms with Gasteiger partial charge in [-0.15, -0.1) is 0 Å². The van der Waals surface area contributed by atoms with Crippen molar-refractivity contribution in [2.45, 2.75) is 51.1 Å². The number of hydrogen-bond acceptors (Lipinski definition) is 3. The first kappa shape index (κ1) is 14.9. The Balaban J connectivity index is 1.69. The normalized spacial score (nSPS) is 23.4. The van der Waals surface area contributed by atoms with E-state index in [0.717, 1.165) is 18.7 Å². The Hall–Kier alpha value is -1.06. The second kappa shape index (κ2) is 7.28. The van der Waals surface area contributed by atoms with Gasteiger partial charge in [0.1, 0.15) is 5.75 Å². The number of rotatable bonds is 5. The van der Waals surface area contributed by atoms with Crippen molar-refractivity contribution in [3.05, 3.63) is 29.3 Å². The molecular formula is C18H28N2O. The highest BCUT2D eigenvalue weighted by atomic mass is 16.5. The van der Waals surface area contributed by atoms with Crippen molar-refractivity contribution >= 4 is 0 Å². The van der Waals surface area contributed by atoms with Crippen LogP contribution in [-0.2, 0) is 13.0 Å². The molecule has 1 aromatic carbocycles. The molecule has 0 bridgehead atoms. The van der Waals surface area contributed by atoms with E-state index in [9.17, 15) is 0 Å². The van der Waals surface area contributed by atoms with Gasteiger partial charge in [0.25, 0.3) is 0 Å². The second-order valence-corrected chi connectivity index (χ2v) is 6.48. The number of nitrogens with one attached hydrogen (secondary N) is 1. The molecule has 0 aromatic heterocycles. The minimum Gasteiger partial charge on any atom is -0.496 e. The first-order valence-corrected chi connectivity index (χ1v) is 8.46. The predicted octanol–water partition coefficient (Wildman–Crippen LogP) is 2.98. The number of benzene rings is 1. The molecule has 0 amide bonds. The van der Waals surface area contributed by atoms with Crippen LogP contribution in [0.3, 0.4) is 0 Å². The lowest BCUT2D eigenvalue weighted by Crippen LogP contribution is -2.35. The summed E-state index contributed by atoms with van der Waals surface area (Å²) in [4.78, 5) is 2.54. The van der Waals surface area contributed by atoms with E-state index in [-0.39, 0.29) is 0 Å². The van der Waals surface area contributed by atoms with Crippen LogP contribution in [0.4, 0.5) is 0 Å². The molecular weight excluding hydrogens is 260 g/mol. The molecule has 2 fully saturated rings. The Bertz CT molecular complexity index is 449. The predicted molar refractivity (Wildman–Crippen MR) is 86.9 cm³/mol. The van der Waals surface area contributed by atoms with Crippen LogP contribution in [0, 0.1) is 0 Å². The van der Waals surface area contributed by atoms with Gasteiger partial charge in [0.2, 0.25) is 0 Å². The van der Waals surface area contributed by atoms with Crippen LogP contribution in [0.1, 0.15) is 43.2 Å². The van der Waals surface area contributed by atoms with Gasteiger partial charge in [-0.1, -0.05) is 18.6 Å². The lowest BCUT2D eigenvalue weighted by molar-refractivity contribution is 0.320. The maximum Gasteiger partial charge on any atom is 0.123 e. The average molecular weight is 288 g/mol. The summed E-state index contributed by atoms with van der Waals surface area (Å²) in [5, 5.41) is 3.65. The van der Waals surface area contributed by atoms with Crippen LogP contribution in [0.5, 0.6) is 5.75 Å². The molecule has 3 rings (SSSR count). The Morgan fingerprint density at radius 2 is 2.05 bits per heavy atom. The molecule has 1 N–H and O–H groups in total. The van der Waals surface area contributed by atoms with Crippen molar-refractivity contribution in [2.24, 2.45) is 0 Å². The van der Waals surface area contributed by atoms with Gasteiger partial charge in [-0.3, -0.25) is 4.90 Å². The second-order valence-electron chi connectivity index (χ2n) is 6.48. The van der Waals surface area contributed by atoms with E-state index >= 15 is 0 Å². The maximum atomic E-state index is 5.56. The zero-order chi connectivity index (χ0) is 14.5. The fraction of sp³-hybridized carbons (Fsp3) is 0.667. The molecule has 116 valence electrons. The summed E-state index contributed by atoms with van der Waals surface area (Å²) in [5.41, 5.74) is 2.80. The fourth-order valence-corrected chi connectivity index (χ4v) is 3.65. The highest BCUT2D eigenvalue weighted by Crippen LogP contribution is 2.24. The van der Waals surface area contributed by atoms with E-state index in [1.807, 2.05) is 0 Å². The summed E-state index contributed by atoms with van der Waals surface area (Å²) in [6, 6.07) is 7.42. The maximum absolute atomic E-state index is 5.56. The molecule has 2 heterocycles. The summed E-state index contributed by atoms with van der Waals surface area (Å²) < 4.78 is 5.56. The monoisotopic (exact) mass is 288 g/mol. The van der Waals surface area contributed by atoms with E-state index in [2.05, 4.69) is 28.4 Å². The Labute approximate surface area is 128 Å². The van der Waals surface area contributed by atoms with Crippen molar-refractivity contribution in [3.8, 4) is 5.75 Å². The summed E-state index contributed by atoms with van der Waals surface area (Å²) in [6.45, 7) is 4.69. The van der Waals surface area contributed by atoms with Gasteiger partial charge in [0.05, 0.1) is 7.11 Å². The third-order valence-electron chi connectivity index (χ3n) is 4.83. The topological polar surface area (TPSA) is 24.5 Å². The molecule has 2 aliphatic rings. The molecule has 0 radical (unpaired) electrons. The van der Waals surface area contributed by atoms with E-state index < -0.39 is 0 Å². The standard InChI is InChI=1S/C18H28N2O/c1-21-18-8-7-15(13-17-6-2-3-9-19-17)12-16(18)14-20-10-4-5-11-20/h7-8,12,17,19H,2-6,9-11,13-14H2,1H3. The molecule has 1 unspecified atom stereocenters. The van der Waals surface area contributed by atoms with E-state index in [4.69, 9.17) is 4.74 Å². The number of ether oxygens (including phenoxy) is 1. The highest BCUT2D eigenvalue weighted by Gasteiger charge is 2.17. The molecule has 21 heavy (non-hydrogen) atoms. The van der Waals surface area contributed by atoms with E-state index in [1.165, 1.54) is 62.9 Å². The minimum absolute atomic E-state index is 0.659. The number of likely N-dealkylation sites (tertiary alicyclic amines) is 1. The smallest absolute Gasteiger partial charge is 0.123 e. The van der Waals surface area contributed by atoms with E-state index in [1.54, 1.807) is 7.11 Å². The molecule has 0 spiro atoms. The van der Waals surface area contributed by atoms with Gasteiger partial charge < -0.3 is 10.1 Å². The van der Waals surface area contributed by atoms with Crippen molar-refractivity contribution < 1.29 is 4.74 Å². The lowest BCUT2D eigenvalue weighted by Gasteiger charge is -2.24. The van der Waals surface area contributed by atoms with Gasteiger partial charge in [-0.25, -0.2) is 0 Å². The summed E-state index contributed by atoms with van der Waals surface area (Å²) in [7, 11) is 1.78. The Morgan fingerprint density at radius 1 is 1.19 bits per heavy atom. The number of hydrogen-bond donors (Lipinski definition) is 1. The number of methoxy groups -OCH3 is 1. The zero-order valence-corrected chi connectivity index (χ0v) is 13.2. The SMILES string of the molecule is COc1ccc(CC2CCCCN2)cc1CN1CCCC1. The molecule has 0 saturated carbocycles. The van der Waals surface area contributed by atoms with Crippen LogP contribution in [-0.4, -0.2) is 37.7 Å². The van der Waals surface area contributed by atoms with Crippen molar-refractivity contribution in [1.29, 1.82) is 0 Å². The first-order chi connectivity index (χ1) is 10.3. The summed E-state index contributed by atoms with van der Waals surface area (Å²) in [6.07, 6.45) is 7.85. The van der Waals surface area contributed by atoms with Gasteiger partial charge >= 0.3 is 0 Å². The van der Waals surface area contributed by atoms with E-state index in [0.29, 0.717) is 6.04 Å². The fourth-order valence-electron chi connectivity index (χ4n) is 3.65. The Morgan fingerprint density at radius 3 is 2.76 bits per heavy atom. The molecule has 2 aliphatic heterocycles. The van der Waals surface area contributed by atoms with Crippen LogP contribution in [0.2, 0.25) is 0 Å². The average Bonchev–Trinajstić information content (AvgIpc) is 3.02. The molecule has 0 aliphatic carbocycles. The molecule has 2 saturated heterocycles. The Kier molecular flexibility index (Phi) is 5.15. The summed E-state index contributed by atoms with van der Waals surface area (Å²) >= 11 is 0. The van der Waals surface area contributed by atoms with Crippen LogP contribution < -0.4 is 10.1 Å². The molecule has 3 heteroatoms. The van der Waals surface area contributed by atoms with Gasteiger partial charge in [-0.2, -0.15) is 0 Å². The van der Waals surface area contributed by atoms with Crippen molar-refractivity contribution in [1.82, 2.24) is 10.2 Å². The lowest BCUT2D eigenvalue weighted by atomic mass is 9.96. The molecule has 1 atom stereocenters. The van der Waals surface area contributed by atoms with Gasteiger partial charge in [-0.05, 0) is 63.4 Å². The van der Waals surface area contributed by atoms with Crippen molar-refractivity contribution in [3.63, 3.8) is 0 Å².